The third kappa shape index (κ3) is 5.60. The van der Waals surface area contributed by atoms with E-state index in [1.165, 1.54) is 0 Å². The molecule has 2 N–H and O–H groups in total. The molecule has 0 aliphatic carbocycles. The van der Waals surface area contributed by atoms with Crippen molar-refractivity contribution in [3.05, 3.63) is 0 Å². The third-order valence-corrected chi connectivity index (χ3v) is 1.81. The SMILES string of the molecule is CCOC(=O)C(CCO)CCCO. The Kier molecular flexibility index (Phi) is 7.63. The van der Waals surface area contributed by atoms with Crippen molar-refractivity contribution in [2.24, 2.45) is 5.92 Å². The average molecular weight is 190 g/mol. The molecular formula is C9H18O4. The Morgan fingerprint density at radius 1 is 1.31 bits per heavy atom. The van der Waals surface area contributed by atoms with Crippen LogP contribution in [-0.4, -0.2) is 36.0 Å². The normalized spacial score (nSPS) is 12.5. The first kappa shape index (κ1) is 12.4. The van der Waals surface area contributed by atoms with Crippen molar-refractivity contribution in [3.8, 4) is 0 Å². The number of ether oxygens (including phenoxy) is 1. The van der Waals surface area contributed by atoms with Crippen LogP contribution in [0.5, 0.6) is 0 Å². The van der Waals surface area contributed by atoms with E-state index in [9.17, 15) is 4.79 Å². The van der Waals surface area contributed by atoms with Gasteiger partial charge in [0, 0.05) is 13.2 Å². The summed E-state index contributed by atoms with van der Waals surface area (Å²) in [4.78, 5) is 11.2. The van der Waals surface area contributed by atoms with Gasteiger partial charge in [-0.15, -0.1) is 0 Å². The highest BCUT2D eigenvalue weighted by atomic mass is 16.5. The molecule has 0 saturated heterocycles. The Morgan fingerprint density at radius 3 is 2.46 bits per heavy atom. The summed E-state index contributed by atoms with van der Waals surface area (Å²) >= 11 is 0. The monoisotopic (exact) mass is 190 g/mol. The number of esters is 1. The summed E-state index contributed by atoms with van der Waals surface area (Å²) in [6, 6.07) is 0. The van der Waals surface area contributed by atoms with Crippen molar-refractivity contribution in [2.45, 2.75) is 26.2 Å². The molecule has 0 aromatic rings. The molecule has 0 aromatic heterocycles. The van der Waals surface area contributed by atoms with Gasteiger partial charge in [-0.25, -0.2) is 0 Å². The Hall–Kier alpha value is -0.610. The largest absolute Gasteiger partial charge is 0.466 e. The summed E-state index contributed by atoms with van der Waals surface area (Å²) in [7, 11) is 0. The lowest BCUT2D eigenvalue weighted by atomic mass is 10.0. The van der Waals surface area contributed by atoms with Crippen molar-refractivity contribution in [2.75, 3.05) is 19.8 Å². The molecule has 0 fully saturated rings. The second-order valence-electron chi connectivity index (χ2n) is 2.83. The second-order valence-corrected chi connectivity index (χ2v) is 2.83. The van der Waals surface area contributed by atoms with E-state index < -0.39 is 0 Å². The van der Waals surface area contributed by atoms with Gasteiger partial charge in [0.05, 0.1) is 12.5 Å². The van der Waals surface area contributed by atoms with Crippen LogP contribution >= 0.6 is 0 Å². The Morgan fingerprint density at radius 2 is 2.00 bits per heavy atom. The van der Waals surface area contributed by atoms with Crippen LogP contribution in [0.2, 0.25) is 0 Å². The summed E-state index contributed by atoms with van der Waals surface area (Å²) in [6.07, 6.45) is 1.57. The zero-order valence-corrected chi connectivity index (χ0v) is 8.03. The van der Waals surface area contributed by atoms with Crippen LogP contribution < -0.4 is 0 Å². The molecule has 4 nitrogen and oxygen atoms in total. The smallest absolute Gasteiger partial charge is 0.309 e. The van der Waals surface area contributed by atoms with E-state index in [-0.39, 0.29) is 25.1 Å². The van der Waals surface area contributed by atoms with E-state index in [1.807, 2.05) is 0 Å². The lowest BCUT2D eigenvalue weighted by Gasteiger charge is -2.13. The van der Waals surface area contributed by atoms with Gasteiger partial charge in [0.25, 0.3) is 0 Å². The minimum Gasteiger partial charge on any atom is -0.466 e. The highest BCUT2D eigenvalue weighted by Gasteiger charge is 2.18. The van der Waals surface area contributed by atoms with Crippen LogP contribution in [0.3, 0.4) is 0 Å². The lowest BCUT2D eigenvalue weighted by Crippen LogP contribution is -2.19. The topological polar surface area (TPSA) is 66.8 Å². The molecule has 1 atom stereocenters. The number of aliphatic hydroxyl groups excluding tert-OH is 2. The van der Waals surface area contributed by atoms with Gasteiger partial charge in [0.15, 0.2) is 0 Å². The fourth-order valence-electron chi connectivity index (χ4n) is 1.13. The van der Waals surface area contributed by atoms with Crippen LogP contribution in [-0.2, 0) is 9.53 Å². The quantitative estimate of drug-likeness (QED) is 0.567. The molecule has 13 heavy (non-hydrogen) atoms. The van der Waals surface area contributed by atoms with Gasteiger partial charge in [-0.05, 0) is 26.2 Å². The predicted octanol–water partition coefficient (Wildman–Crippen LogP) is 0.321. The van der Waals surface area contributed by atoms with Gasteiger partial charge in [0.1, 0.15) is 0 Å². The van der Waals surface area contributed by atoms with Gasteiger partial charge in [-0.1, -0.05) is 0 Å². The van der Waals surface area contributed by atoms with E-state index >= 15 is 0 Å². The van der Waals surface area contributed by atoms with Gasteiger partial charge in [0.2, 0.25) is 0 Å². The molecule has 0 aromatic carbocycles. The van der Waals surface area contributed by atoms with E-state index in [0.29, 0.717) is 25.9 Å². The summed E-state index contributed by atoms with van der Waals surface area (Å²) in [5, 5.41) is 17.3. The standard InChI is InChI=1S/C9H18O4/c1-2-13-9(12)8(5-7-11)4-3-6-10/h8,10-11H,2-7H2,1H3. The first-order valence-corrected chi connectivity index (χ1v) is 4.64. The number of carbonyl (C=O) groups is 1. The Balaban J connectivity index is 3.83. The molecule has 78 valence electrons. The second kappa shape index (κ2) is 8.01. The van der Waals surface area contributed by atoms with Crippen molar-refractivity contribution < 1.29 is 19.7 Å². The summed E-state index contributed by atoms with van der Waals surface area (Å²) < 4.78 is 4.82. The summed E-state index contributed by atoms with van der Waals surface area (Å²) in [5.41, 5.74) is 0. The van der Waals surface area contributed by atoms with Crippen LogP contribution in [0, 0.1) is 5.92 Å². The molecular weight excluding hydrogens is 172 g/mol. The van der Waals surface area contributed by atoms with Gasteiger partial charge in [-0.3, -0.25) is 4.79 Å². The van der Waals surface area contributed by atoms with Crippen LogP contribution in [0.1, 0.15) is 26.2 Å². The zero-order chi connectivity index (χ0) is 10.1. The van der Waals surface area contributed by atoms with Gasteiger partial charge >= 0.3 is 5.97 Å². The van der Waals surface area contributed by atoms with E-state index in [1.54, 1.807) is 6.92 Å². The minimum atomic E-state index is -0.273. The highest BCUT2D eigenvalue weighted by molar-refractivity contribution is 5.72. The van der Waals surface area contributed by atoms with E-state index in [4.69, 9.17) is 14.9 Å². The molecule has 4 heteroatoms. The molecule has 0 rings (SSSR count). The number of hydrogen-bond acceptors (Lipinski definition) is 4. The molecule has 0 aliphatic rings. The fourth-order valence-corrected chi connectivity index (χ4v) is 1.13. The minimum absolute atomic E-state index is 0.0189. The maximum absolute atomic E-state index is 11.2. The maximum Gasteiger partial charge on any atom is 0.309 e. The van der Waals surface area contributed by atoms with Crippen LogP contribution in [0.25, 0.3) is 0 Å². The number of hydrogen-bond donors (Lipinski definition) is 2. The fraction of sp³-hybridized carbons (Fsp3) is 0.889. The first-order valence-electron chi connectivity index (χ1n) is 4.64. The Labute approximate surface area is 78.5 Å². The summed E-state index contributed by atoms with van der Waals surface area (Å²) in [5.74, 6) is -0.540. The molecule has 0 amide bonds. The number of carbonyl (C=O) groups excluding carboxylic acids is 1. The van der Waals surface area contributed by atoms with E-state index in [0.717, 1.165) is 0 Å². The Bertz CT molecular complexity index is 136. The molecule has 1 unspecified atom stereocenters. The lowest BCUT2D eigenvalue weighted by molar-refractivity contribution is -0.148. The molecule has 0 aliphatic heterocycles. The highest BCUT2D eigenvalue weighted by Crippen LogP contribution is 2.12. The van der Waals surface area contributed by atoms with Crippen molar-refractivity contribution in [1.82, 2.24) is 0 Å². The molecule has 0 radical (unpaired) electrons. The van der Waals surface area contributed by atoms with Gasteiger partial charge < -0.3 is 14.9 Å². The van der Waals surface area contributed by atoms with Crippen LogP contribution in [0.15, 0.2) is 0 Å². The van der Waals surface area contributed by atoms with Crippen LogP contribution in [0.4, 0.5) is 0 Å². The molecule has 0 spiro atoms. The third-order valence-electron chi connectivity index (χ3n) is 1.81. The average Bonchev–Trinajstić information content (AvgIpc) is 2.12. The summed E-state index contributed by atoms with van der Waals surface area (Å²) in [6.45, 7) is 2.16. The molecule has 0 saturated carbocycles. The first-order chi connectivity index (χ1) is 6.26. The number of aliphatic hydroxyl groups is 2. The zero-order valence-electron chi connectivity index (χ0n) is 8.03. The van der Waals surface area contributed by atoms with Crippen molar-refractivity contribution in [3.63, 3.8) is 0 Å². The predicted molar refractivity (Wildman–Crippen MR) is 48.1 cm³/mol. The molecule has 0 bridgehead atoms. The maximum atomic E-state index is 11.2. The van der Waals surface area contributed by atoms with E-state index in [2.05, 4.69) is 0 Å². The van der Waals surface area contributed by atoms with Crippen molar-refractivity contribution in [1.29, 1.82) is 0 Å². The molecule has 0 heterocycles. The van der Waals surface area contributed by atoms with Crippen molar-refractivity contribution >= 4 is 5.97 Å². The van der Waals surface area contributed by atoms with Gasteiger partial charge in [-0.2, -0.15) is 0 Å². The number of rotatable bonds is 7.